The molecule has 0 aromatic heterocycles. The van der Waals surface area contributed by atoms with E-state index in [0.29, 0.717) is 11.3 Å². The van der Waals surface area contributed by atoms with E-state index in [-0.39, 0.29) is 0 Å². The van der Waals surface area contributed by atoms with Gasteiger partial charge in [0.2, 0.25) is 5.91 Å². The number of primary amides is 1. The summed E-state index contributed by atoms with van der Waals surface area (Å²) < 4.78 is 5.79. The minimum absolute atomic E-state index is 0.444. The van der Waals surface area contributed by atoms with E-state index < -0.39 is 5.91 Å². The number of hydrogen-bond acceptors (Lipinski definition) is 3. The van der Waals surface area contributed by atoms with Crippen molar-refractivity contribution in [2.45, 2.75) is 19.9 Å². The van der Waals surface area contributed by atoms with Gasteiger partial charge in [0.25, 0.3) is 0 Å². The van der Waals surface area contributed by atoms with Crippen LogP contribution in [0.2, 0.25) is 0 Å². The molecular formula is C23H24N2O2. The van der Waals surface area contributed by atoms with Crippen molar-refractivity contribution in [2.24, 2.45) is 5.73 Å². The molecule has 0 saturated heterocycles. The first-order valence-electron chi connectivity index (χ1n) is 9.04. The fourth-order valence-electron chi connectivity index (χ4n) is 2.85. The van der Waals surface area contributed by atoms with E-state index >= 15 is 0 Å². The average Bonchev–Trinajstić information content (AvgIpc) is 2.68. The summed E-state index contributed by atoms with van der Waals surface area (Å²) in [6.45, 7) is 3.91. The Kier molecular flexibility index (Phi) is 6.23. The normalized spacial score (nSPS) is 10.6. The van der Waals surface area contributed by atoms with Crippen LogP contribution in [0, 0.1) is 6.92 Å². The molecular weight excluding hydrogens is 336 g/mol. The van der Waals surface area contributed by atoms with E-state index in [4.69, 9.17) is 10.5 Å². The highest BCUT2D eigenvalue weighted by Gasteiger charge is 2.02. The van der Waals surface area contributed by atoms with Gasteiger partial charge in [0.1, 0.15) is 11.5 Å². The standard InChI is InChI=1S/C23H24N2O2/c1-17-4-2-3-5-19(17)14-15-25-16-18-6-10-21(11-7-18)27-22-12-8-20(9-13-22)23(24)26/h2-13,25H,14-16H2,1H3,(H2,24,26). The molecule has 1 amide bonds. The van der Waals surface area contributed by atoms with Gasteiger partial charge in [-0.15, -0.1) is 0 Å². The van der Waals surface area contributed by atoms with Crippen LogP contribution in [0.4, 0.5) is 0 Å². The summed E-state index contributed by atoms with van der Waals surface area (Å²) in [6, 6.07) is 23.3. The van der Waals surface area contributed by atoms with Crippen molar-refractivity contribution in [2.75, 3.05) is 6.54 Å². The minimum Gasteiger partial charge on any atom is -0.457 e. The van der Waals surface area contributed by atoms with Crippen LogP contribution in [0.5, 0.6) is 11.5 Å². The van der Waals surface area contributed by atoms with Gasteiger partial charge in [-0.1, -0.05) is 36.4 Å². The zero-order chi connectivity index (χ0) is 19.1. The van der Waals surface area contributed by atoms with Gasteiger partial charge in [0.05, 0.1) is 0 Å². The third-order valence-electron chi connectivity index (χ3n) is 4.46. The summed E-state index contributed by atoms with van der Waals surface area (Å²) >= 11 is 0. The maximum Gasteiger partial charge on any atom is 0.248 e. The molecule has 0 saturated carbocycles. The molecule has 4 nitrogen and oxygen atoms in total. The Bertz CT molecular complexity index is 887. The second-order valence-corrected chi connectivity index (χ2v) is 6.49. The summed E-state index contributed by atoms with van der Waals surface area (Å²) in [5.74, 6) is 0.982. The van der Waals surface area contributed by atoms with Crippen molar-refractivity contribution in [3.63, 3.8) is 0 Å². The Labute approximate surface area is 160 Å². The predicted octanol–water partition coefficient (Wildman–Crippen LogP) is 4.22. The topological polar surface area (TPSA) is 64.3 Å². The molecule has 0 spiro atoms. The van der Waals surface area contributed by atoms with Crippen molar-refractivity contribution in [3.8, 4) is 11.5 Å². The molecule has 0 unspecified atom stereocenters. The lowest BCUT2D eigenvalue weighted by Crippen LogP contribution is -2.16. The molecule has 0 aliphatic heterocycles. The number of ether oxygens (including phenoxy) is 1. The van der Waals surface area contributed by atoms with Crippen molar-refractivity contribution < 1.29 is 9.53 Å². The average molecular weight is 360 g/mol. The summed E-state index contributed by atoms with van der Waals surface area (Å²) in [5.41, 5.74) is 9.63. The first kappa shape index (κ1) is 18.7. The van der Waals surface area contributed by atoms with Gasteiger partial charge in [-0.25, -0.2) is 0 Å². The van der Waals surface area contributed by atoms with Crippen molar-refractivity contribution in [1.82, 2.24) is 5.32 Å². The number of amides is 1. The number of nitrogens with two attached hydrogens (primary N) is 1. The quantitative estimate of drug-likeness (QED) is 0.591. The first-order chi connectivity index (χ1) is 13.1. The van der Waals surface area contributed by atoms with Crippen LogP contribution in [0.1, 0.15) is 27.0 Å². The number of hydrogen-bond donors (Lipinski definition) is 2. The molecule has 0 aliphatic rings. The summed E-state index contributed by atoms with van der Waals surface area (Å²) in [6.07, 6.45) is 1.02. The third kappa shape index (κ3) is 5.43. The molecule has 0 radical (unpaired) electrons. The molecule has 3 N–H and O–H groups in total. The van der Waals surface area contributed by atoms with E-state index in [1.807, 2.05) is 24.3 Å². The number of benzene rings is 3. The van der Waals surface area contributed by atoms with E-state index in [9.17, 15) is 4.79 Å². The maximum absolute atomic E-state index is 11.1. The SMILES string of the molecule is Cc1ccccc1CCNCc1ccc(Oc2ccc(C(N)=O)cc2)cc1. The monoisotopic (exact) mass is 360 g/mol. The third-order valence-corrected chi connectivity index (χ3v) is 4.46. The van der Waals surface area contributed by atoms with Gasteiger partial charge in [-0.05, 0) is 73.0 Å². The summed E-state index contributed by atoms with van der Waals surface area (Å²) in [7, 11) is 0. The van der Waals surface area contributed by atoms with Crippen molar-refractivity contribution in [3.05, 3.63) is 95.1 Å². The number of carbonyl (C=O) groups excluding carboxylic acids is 1. The molecule has 0 atom stereocenters. The maximum atomic E-state index is 11.1. The van der Waals surface area contributed by atoms with Crippen LogP contribution in [0.25, 0.3) is 0 Å². The molecule has 0 aliphatic carbocycles. The number of nitrogens with one attached hydrogen (secondary N) is 1. The molecule has 138 valence electrons. The van der Waals surface area contributed by atoms with Gasteiger partial charge in [-0.3, -0.25) is 4.79 Å². The van der Waals surface area contributed by atoms with E-state index in [1.165, 1.54) is 16.7 Å². The number of aryl methyl sites for hydroxylation is 1. The Hall–Kier alpha value is -3.11. The smallest absolute Gasteiger partial charge is 0.248 e. The van der Waals surface area contributed by atoms with Crippen LogP contribution in [0.3, 0.4) is 0 Å². The van der Waals surface area contributed by atoms with Crippen molar-refractivity contribution >= 4 is 5.91 Å². The van der Waals surface area contributed by atoms with Crippen LogP contribution in [0.15, 0.2) is 72.8 Å². The Balaban J connectivity index is 1.47. The zero-order valence-electron chi connectivity index (χ0n) is 15.4. The minimum atomic E-state index is -0.444. The van der Waals surface area contributed by atoms with Crippen LogP contribution in [-0.4, -0.2) is 12.5 Å². The van der Waals surface area contributed by atoms with Gasteiger partial charge in [0.15, 0.2) is 0 Å². The Morgan fingerprint density at radius 1 is 0.926 bits per heavy atom. The molecule has 0 heterocycles. The second kappa shape index (κ2) is 9.01. The lowest BCUT2D eigenvalue weighted by atomic mass is 10.1. The fraction of sp³-hybridized carbons (Fsp3) is 0.174. The predicted molar refractivity (Wildman–Crippen MR) is 108 cm³/mol. The highest BCUT2D eigenvalue weighted by atomic mass is 16.5. The second-order valence-electron chi connectivity index (χ2n) is 6.49. The highest BCUT2D eigenvalue weighted by molar-refractivity contribution is 5.92. The number of rotatable bonds is 8. The van der Waals surface area contributed by atoms with Crippen LogP contribution >= 0.6 is 0 Å². The molecule has 3 aromatic carbocycles. The molecule has 3 rings (SSSR count). The summed E-state index contributed by atoms with van der Waals surface area (Å²) in [4.78, 5) is 11.1. The van der Waals surface area contributed by atoms with Gasteiger partial charge >= 0.3 is 0 Å². The van der Waals surface area contributed by atoms with E-state index in [1.54, 1.807) is 24.3 Å². The van der Waals surface area contributed by atoms with E-state index in [2.05, 4.69) is 36.5 Å². The highest BCUT2D eigenvalue weighted by Crippen LogP contribution is 2.22. The van der Waals surface area contributed by atoms with E-state index in [0.717, 1.165) is 25.3 Å². The van der Waals surface area contributed by atoms with Gasteiger partial charge in [-0.2, -0.15) is 0 Å². The fourth-order valence-corrected chi connectivity index (χ4v) is 2.85. The molecule has 27 heavy (non-hydrogen) atoms. The lowest BCUT2D eigenvalue weighted by Gasteiger charge is -2.09. The zero-order valence-corrected chi connectivity index (χ0v) is 15.4. The van der Waals surface area contributed by atoms with Crippen LogP contribution < -0.4 is 15.8 Å². The lowest BCUT2D eigenvalue weighted by molar-refractivity contribution is 0.100. The Morgan fingerprint density at radius 3 is 2.19 bits per heavy atom. The molecule has 4 heteroatoms. The van der Waals surface area contributed by atoms with Gasteiger partial charge in [0, 0.05) is 12.1 Å². The largest absolute Gasteiger partial charge is 0.457 e. The molecule has 3 aromatic rings. The Morgan fingerprint density at radius 2 is 1.56 bits per heavy atom. The molecule has 0 fully saturated rings. The first-order valence-corrected chi connectivity index (χ1v) is 9.04. The summed E-state index contributed by atoms with van der Waals surface area (Å²) in [5, 5.41) is 3.48. The van der Waals surface area contributed by atoms with Crippen LogP contribution in [-0.2, 0) is 13.0 Å². The van der Waals surface area contributed by atoms with Gasteiger partial charge < -0.3 is 15.8 Å². The number of carbonyl (C=O) groups is 1. The van der Waals surface area contributed by atoms with Crippen molar-refractivity contribution in [1.29, 1.82) is 0 Å². The molecule has 0 bridgehead atoms.